The Morgan fingerprint density at radius 3 is 2.61 bits per heavy atom. The van der Waals surface area contributed by atoms with Crippen LogP contribution in [-0.4, -0.2) is 19.7 Å². The second-order valence-corrected chi connectivity index (χ2v) is 7.32. The van der Waals surface area contributed by atoms with Crippen molar-refractivity contribution in [2.75, 3.05) is 0 Å². The smallest absolute Gasteiger partial charge is 0.218 e. The zero-order valence-corrected chi connectivity index (χ0v) is 17.4. The maximum Gasteiger partial charge on any atom is 0.218 e. The number of aromatic nitrogens is 4. The first-order chi connectivity index (χ1) is 15.3. The molecule has 0 fully saturated rings. The van der Waals surface area contributed by atoms with E-state index >= 15 is 0 Å². The first kappa shape index (κ1) is 20.6. The van der Waals surface area contributed by atoms with E-state index in [1.165, 1.54) is 12.0 Å². The van der Waals surface area contributed by atoms with Gasteiger partial charge >= 0.3 is 0 Å². The molecule has 0 spiro atoms. The summed E-state index contributed by atoms with van der Waals surface area (Å²) in [5, 5.41) is 4.12. The van der Waals surface area contributed by atoms with Gasteiger partial charge in [-0.2, -0.15) is 5.10 Å². The Balaban J connectivity index is 1.17. The van der Waals surface area contributed by atoms with Gasteiger partial charge in [-0.05, 0) is 48.6 Å². The molecule has 6 heteroatoms. The highest BCUT2D eigenvalue weighted by Gasteiger charge is 2.03. The second kappa shape index (κ2) is 10.9. The largest absolute Gasteiger partial charge is 0.487 e. The van der Waals surface area contributed by atoms with Crippen molar-refractivity contribution in [2.45, 2.75) is 38.8 Å². The summed E-state index contributed by atoms with van der Waals surface area (Å²) in [5.74, 6) is 1.40. The Morgan fingerprint density at radius 2 is 1.81 bits per heavy atom. The molecule has 6 nitrogen and oxygen atoms in total. The first-order valence-corrected chi connectivity index (χ1v) is 10.6. The fourth-order valence-electron chi connectivity index (χ4n) is 3.23. The number of rotatable bonds is 11. The zero-order valence-electron chi connectivity index (χ0n) is 17.4. The topological polar surface area (TPSA) is 66.0 Å². The van der Waals surface area contributed by atoms with Crippen molar-refractivity contribution in [1.82, 2.24) is 19.7 Å². The minimum absolute atomic E-state index is 0.379. The summed E-state index contributed by atoms with van der Waals surface area (Å²) in [6.07, 6.45) is 13.3. The Hall–Kier alpha value is -3.67. The molecule has 2 heterocycles. The lowest BCUT2D eigenvalue weighted by molar-refractivity contribution is 0.301. The van der Waals surface area contributed by atoms with Gasteiger partial charge < -0.3 is 9.15 Å². The minimum atomic E-state index is 0.379. The van der Waals surface area contributed by atoms with Crippen LogP contribution in [0.4, 0.5) is 0 Å². The van der Waals surface area contributed by atoms with E-state index in [0.29, 0.717) is 12.5 Å². The maximum atomic E-state index is 5.85. The quantitative estimate of drug-likeness (QED) is 0.306. The van der Waals surface area contributed by atoms with Gasteiger partial charge in [0, 0.05) is 12.6 Å². The zero-order chi connectivity index (χ0) is 21.1. The molecule has 0 aliphatic heterocycles. The summed E-state index contributed by atoms with van der Waals surface area (Å²) in [6, 6.07) is 18.3. The van der Waals surface area contributed by atoms with Gasteiger partial charge in [-0.1, -0.05) is 48.9 Å². The molecule has 0 bridgehead atoms. The molecule has 0 atom stereocenters. The predicted molar refractivity (Wildman–Crippen MR) is 120 cm³/mol. The first-order valence-electron chi connectivity index (χ1n) is 10.6. The molecule has 0 radical (unpaired) electrons. The molecule has 0 saturated heterocycles. The van der Waals surface area contributed by atoms with E-state index in [1.54, 1.807) is 18.9 Å². The van der Waals surface area contributed by atoms with Crippen molar-refractivity contribution >= 4 is 12.2 Å². The van der Waals surface area contributed by atoms with Crippen LogP contribution in [0.1, 0.15) is 42.0 Å². The SMILES string of the molecule is C(=C\c1nc(COc2ccc(CCCCCn3cncn3)cc2)co1)/c1ccccc1. The van der Waals surface area contributed by atoms with Crippen LogP contribution in [0.25, 0.3) is 12.2 Å². The number of hydrogen-bond donors (Lipinski definition) is 0. The van der Waals surface area contributed by atoms with Crippen molar-refractivity contribution in [3.63, 3.8) is 0 Å². The Labute approximate surface area is 182 Å². The molecule has 0 saturated carbocycles. The fraction of sp³-hybridized carbons (Fsp3) is 0.240. The normalized spacial score (nSPS) is 11.2. The molecule has 0 aliphatic carbocycles. The van der Waals surface area contributed by atoms with Crippen molar-refractivity contribution < 1.29 is 9.15 Å². The highest BCUT2D eigenvalue weighted by Crippen LogP contribution is 2.16. The summed E-state index contributed by atoms with van der Waals surface area (Å²) in [7, 11) is 0. The van der Waals surface area contributed by atoms with Crippen LogP contribution in [0.3, 0.4) is 0 Å². The molecule has 4 aromatic rings. The lowest BCUT2D eigenvalue weighted by Crippen LogP contribution is -1.98. The number of oxazole rings is 1. The number of ether oxygens (including phenoxy) is 1. The monoisotopic (exact) mass is 414 g/mol. The number of benzene rings is 2. The maximum absolute atomic E-state index is 5.85. The molecule has 0 unspecified atom stereocenters. The van der Waals surface area contributed by atoms with E-state index in [2.05, 4.69) is 27.2 Å². The molecular weight excluding hydrogens is 388 g/mol. The lowest BCUT2D eigenvalue weighted by atomic mass is 10.1. The van der Waals surface area contributed by atoms with E-state index in [-0.39, 0.29) is 0 Å². The third-order valence-corrected chi connectivity index (χ3v) is 4.92. The van der Waals surface area contributed by atoms with Crippen LogP contribution in [-0.2, 0) is 19.6 Å². The van der Waals surface area contributed by atoms with Crippen LogP contribution >= 0.6 is 0 Å². The van der Waals surface area contributed by atoms with E-state index in [4.69, 9.17) is 9.15 Å². The number of unbranched alkanes of at least 4 members (excludes halogenated alkanes) is 2. The van der Waals surface area contributed by atoms with Crippen LogP contribution in [0.15, 0.2) is 77.9 Å². The summed E-state index contributed by atoms with van der Waals surface area (Å²) < 4.78 is 13.2. The van der Waals surface area contributed by atoms with Crippen molar-refractivity contribution in [3.8, 4) is 5.75 Å². The summed E-state index contributed by atoms with van der Waals surface area (Å²) in [5.41, 5.74) is 3.20. The molecule has 0 amide bonds. The number of aryl methyl sites for hydroxylation is 2. The van der Waals surface area contributed by atoms with Crippen molar-refractivity contribution in [3.05, 3.63) is 96.2 Å². The Bertz CT molecular complexity index is 1050. The van der Waals surface area contributed by atoms with Gasteiger partial charge in [-0.15, -0.1) is 0 Å². The molecule has 4 rings (SSSR count). The Morgan fingerprint density at radius 1 is 0.935 bits per heavy atom. The molecule has 31 heavy (non-hydrogen) atoms. The van der Waals surface area contributed by atoms with Gasteiger partial charge in [0.15, 0.2) is 0 Å². The number of hydrogen-bond acceptors (Lipinski definition) is 5. The molecule has 0 N–H and O–H groups in total. The third-order valence-electron chi connectivity index (χ3n) is 4.92. The predicted octanol–water partition coefficient (Wildman–Crippen LogP) is 5.43. The van der Waals surface area contributed by atoms with Gasteiger partial charge in [-0.3, -0.25) is 4.68 Å². The summed E-state index contributed by atoms with van der Waals surface area (Å²) in [6.45, 7) is 1.31. The highest BCUT2D eigenvalue weighted by molar-refractivity contribution is 5.65. The fourth-order valence-corrected chi connectivity index (χ4v) is 3.23. The van der Waals surface area contributed by atoms with E-state index < -0.39 is 0 Å². The van der Waals surface area contributed by atoms with Crippen LogP contribution in [0.2, 0.25) is 0 Å². The van der Waals surface area contributed by atoms with Crippen LogP contribution in [0, 0.1) is 0 Å². The van der Waals surface area contributed by atoms with Crippen LogP contribution in [0.5, 0.6) is 5.75 Å². The lowest BCUT2D eigenvalue weighted by Gasteiger charge is -2.06. The van der Waals surface area contributed by atoms with Gasteiger partial charge in [-0.25, -0.2) is 9.97 Å². The minimum Gasteiger partial charge on any atom is -0.487 e. The average Bonchev–Trinajstić information content (AvgIpc) is 3.50. The number of nitrogens with zero attached hydrogens (tertiary/aromatic N) is 4. The van der Waals surface area contributed by atoms with E-state index in [0.717, 1.165) is 42.8 Å². The highest BCUT2D eigenvalue weighted by atomic mass is 16.5. The van der Waals surface area contributed by atoms with Crippen molar-refractivity contribution in [1.29, 1.82) is 0 Å². The van der Waals surface area contributed by atoms with E-state index in [1.807, 2.05) is 59.3 Å². The molecule has 2 aromatic carbocycles. The summed E-state index contributed by atoms with van der Waals surface area (Å²) in [4.78, 5) is 8.41. The summed E-state index contributed by atoms with van der Waals surface area (Å²) >= 11 is 0. The van der Waals surface area contributed by atoms with Gasteiger partial charge in [0.2, 0.25) is 5.89 Å². The standard InChI is InChI=1S/C25H26N4O2/c1-3-7-21(8-4-1)12-15-25-28-23(18-31-25)17-30-24-13-10-22(11-14-24)9-5-2-6-16-29-20-26-19-27-29/h1,3-4,7-8,10-15,18-20H,2,5-6,9,16-17H2/b15-12+. The van der Waals surface area contributed by atoms with Crippen LogP contribution < -0.4 is 4.74 Å². The Kier molecular flexibility index (Phi) is 7.26. The van der Waals surface area contributed by atoms with Gasteiger partial charge in [0.25, 0.3) is 0 Å². The second-order valence-electron chi connectivity index (χ2n) is 7.32. The molecule has 2 aromatic heterocycles. The van der Waals surface area contributed by atoms with Crippen molar-refractivity contribution in [2.24, 2.45) is 0 Å². The molecule has 158 valence electrons. The molecule has 0 aliphatic rings. The molecular formula is C25H26N4O2. The van der Waals surface area contributed by atoms with E-state index in [9.17, 15) is 0 Å². The average molecular weight is 415 g/mol. The van der Waals surface area contributed by atoms with Gasteiger partial charge in [0.05, 0.1) is 0 Å². The van der Waals surface area contributed by atoms with Gasteiger partial charge in [0.1, 0.15) is 37.0 Å². The third kappa shape index (κ3) is 6.67.